The van der Waals surface area contributed by atoms with Gasteiger partial charge in [-0.2, -0.15) is 0 Å². The molecule has 0 saturated heterocycles. The van der Waals surface area contributed by atoms with Gasteiger partial charge in [0.05, 0.1) is 0 Å². The lowest BCUT2D eigenvalue weighted by molar-refractivity contribution is -0.141. The van der Waals surface area contributed by atoms with Crippen molar-refractivity contribution in [2.24, 2.45) is 5.92 Å². The molecule has 1 aliphatic carbocycles. The average molecular weight is 432 g/mol. The Morgan fingerprint density at radius 2 is 1.71 bits per heavy atom. The van der Waals surface area contributed by atoms with Crippen LogP contribution in [0.5, 0.6) is 0 Å². The number of aryl methyl sites for hydroxylation is 2. The number of ether oxygens (including phenoxy) is 1. The first-order valence-corrected chi connectivity index (χ1v) is 11.0. The Balaban J connectivity index is 2.37. The molecule has 3 atom stereocenters. The molecule has 1 aliphatic rings. The molecule has 0 heterocycles. The Morgan fingerprint density at radius 3 is 2.16 bits per heavy atom. The minimum atomic E-state index is -0.758. The van der Waals surface area contributed by atoms with Gasteiger partial charge in [0.1, 0.15) is 18.2 Å². The number of hydrogen-bond acceptors (Lipinski definition) is 4. The summed E-state index contributed by atoms with van der Waals surface area (Å²) in [6.07, 6.45) is 0.175. The van der Waals surface area contributed by atoms with E-state index in [1.165, 1.54) is 0 Å². The first-order valence-electron chi connectivity index (χ1n) is 11.0. The molecule has 0 bridgehead atoms. The predicted octanol–water partition coefficient (Wildman–Crippen LogP) is 3.63. The van der Waals surface area contributed by atoms with Gasteiger partial charge in [-0.25, -0.2) is 4.79 Å². The highest BCUT2D eigenvalue weighted by Gasteiger charge is 2.47. The van der Waals surface area contributed by atoms with Crippen molar-refractivity contribution in [1.82, 2.24) is 15.5 Å². The summed E-state index contributed by atoms with van der Waals surface area (Å²) in [6.45, 7) is 14.8. The minimum absolute atomic E-state index is 0.0464. The zero-order valence-electron chi connectivity index (χ0n) is 20.0. The van der Waals surface area contributed by atoms with Crippen LogP contribution in [0.3, 0.4) is 0 Å². The second-order valence-corrected chi connectivity index (χ2v) is 9.81. The molecule has 0 aliphatic heterocycles. The number of rotatable bonds is 7. The SMILES string of the molecule is Cc1cccc(C)c1C(C(=O)NC(C)C)N(C(=O)CNC(=O)OC(C)(C)C)C1CC1C. The number of amides is 3. The summed E-state index contributed by atoms with van der Waals surface area (Å²) in [6, 6.07) is 4.99. The van der Waals surface area contributed by atoms with E-state index in [0.717, 1.165) is 23.1 Å². The van der Waals surface area contributed by atoms with Gasteiger partial charge < -0.3 is 20.3 Å². The molecule has 1 fully saturated rings. The molecule has 1 saturated carbocycles. The van der Waals surface area contributed by atoms with Crippen LogP contribution in [0.25, 0.3) is 0 Å². The van der Waals surface area contributed by atoms with Crippen LogP contribution in [0.1, 0.15) is 70.7 Å². The van der Waals surface area contributed by atoms with Crippen molar-refractivity contribution >= 4 is 17.9 Å². The maximum atomic E-state index is 13.4. The first-order chi connectivity index (χ1) is 14.3. The lowest BCUT2D eigenvalue weighted by atomic mass is 9.93. The van der Waals surface area contributed by atoms with Gasteiger partial charge in [-0.3, -0.25) is 9.59 Å². The van der Waals surface area contributed by atoms with Gasteiger partial charge in [-0.1, -0.05) is 25.1 Å². The van der Waals surface area contributed by atoms with Crippen molar-refractivity contribution in [2.45, 2.75) is 85.5 Å². The smallest absolute Gasteiger partial charge is 0.408 e. The molecule has 31 heavy (non-hydrogen) atoms. The van der Waals surface area contributed by atoms with Gasteiger partial charge in [0, 0.05) is 12.1 Å². The van der Waals surface area contributed by atoms with Crippen LogP contribution in [0, 0.1) is 19.8 Å². The van der Waals surface area contributed by atoms with Crippen molar-refractivity contribution in [2.75, 3.05) is 6.54 Å². The van der Waals surface area contributed by atoms with Crippen molar-refractivity contribution in [1.29, 1.82) is 0 Å². The highest BCUT2D eigenvalue weighted by atomic mass is 16.6. The summed E-state index contributed by atoms with van der Waals surface area (Å²) in [5, 5.41) is 5.53. The third-order valence-corrected chi connectivity index (χ3v) is 5.27. The molecule has 3 amide bonds. The van der Waals surface area contributed by atoms with Gasteiger partial charge in [0.25, 0.3) is 0 Å². The Labute approximate surface area is 185 Å². The number of alkyl carbamates (subject to hydrolysis) is 1. The molecule has 0 spiro atoms. The molecular weight excluding hydrogens is 394 g/mol. The molecule has 1 aromatic rings. The minimum Gasteiger partial charge on any atom is -0.444 e. The second kappa shape index (κ2) is 9.71. The van der Waals surface area contributed by atoms with Crippen LogP contribution in [0.4, 0.5) is 4.79 Å². The standard InChI is InChI=1S/C24H37N3O4/c1-14(2)26-22(29)21(20-15(3)10-9-11-16(20)4)27(18-12-17(18)5)19(28)13-25-23(30)31-24(6,7)8/h9-11,14,17-18,21H,12-13H2,1-8H3,(H,25,30)(H,26,29). The van der Waals surface area contributed by atoms with Gasteiger partial charge in [-0.15, -0.1) is 0 Å². The van der Waals surface area contributed by atoms with E-state index in [-0.39, 0.29) is 30.4 Å². The van der Waals surface area contributed by atoms with Crippen LogP contribution >= 0.6 is 0 Å². The summed E-state index contributed by atoms with van der Waals surface area (Å²) in [7, 11) is 0. The van der Waals surface area contributed by atoms with Gasteiger partial charge in [-0.05, 0) is 77.5 Å². The Hall–Kier alpha value is -2.57. The quantitative estimate of drug-likeness (QED) is 0.690. The Bertz CT molecular complexity index is 808. The fourth-order valence-corrected chi connectivity index (χ4v) is 3.78. The first kappa shape index (κ1) is 24.7. The normalized spacial score (nSPS) is 18.9. The van der Waals surface area contributed by atoms with E-state index >= 15 is 0 Å². The Kier molecular flexibility index (Phi) is 7.73. The van der Waals surface area contributed by atoms with Gasteiger partial charge in [0.2, 0.25) is 11.8 Å². The fraction of sp³-hybridized carbons (Fsp3) is 0.625. The van der Waals surface area contributed by atoms with Crippen LogP contribution in [-0.4, -0.2) is 47.0 Å². The van der Waals surface area contributed by atoms with Crippen molar-refractivity contribution in [3.63, 3.8) is 0 Å². The molecule has 1 aromatic carbocycles. The molecule has 0 radical (unpaired) electrons. The molecule has 2 N–H and O–H groups in total. The largest absolute Gasteiger partial charge is 0.444 e. The lowest BCUT2D eigenvalue weighted by Gasteiger charge is -2.34. The van der Waals surface area contributed by atoms with E-state index in [9.17, 15) is 14.4 Å². The van der Waals surface area contributed by atoms with Crippen molar-refractivity contribution in [3.8, 4) is 0 Å². The summed E-state index contributed by atoms with van der Waals surface area (Å²) in [5.41, 5.74) is 2.09. The van der Waals surface area contributed by atoms with E-state index in [2.05, 4.69) is 17.6 Å². The molecule has 3 unspecified atom stereocenters. The summed E-state index contributed by atoms with van der Waals surface area (Å²) >= 11 is 0. The van der Waals surface area contributed by atoms with E-state index in [4.69, 9.17) is 4.74 Å². The molecule has 2 rings (SSSR count). The van der Waals surface area contributed by atoms with E-state index in [1.54, 1.807) is 25.7 Å². The maximum Gasteiger partial charge on any atom is 0.408 e. The zero-order chi connectivity index (χ0) is 23.5. The third kappa shape index (κ3) is 6.71. The van der Waals surface area contributed by atoms with E-state index in [0.29, 0.717) is 5.92 Å². The highest BCUT2D eigenvalue weighted by molar-refractivity contribution is 5.91. The predicted molar refractivity (Wildman–Crippen MR) is 121 cm³/mol. The number of carbonyl (C=O) groups is 3. The second-order valence-electron chi connectivity index (χ2n) is 9.81. The maximum absolute atomic E-state index is 13.4. The topological polar surface area (TPSA) is 87.7 Å². The summed E-state index contributed by atoms with van der Waals surface area (Å²) < 4.78 is 5.25. The van der Waals surface area contributed by atoms with Gasteiger partial charge >= 0.3 is 6.09 Å². The van der Waals surface area contributed by atoms with E-state index < -0.39 is 17.7 Å². The molecule has 0 aromatic heterocycles. The monoisotopic (exact) mass is 431 g/mol. The Morgan fingerprint density at radius 1 is 1.16 bits per heavy atom. The number of nitrogens with zero attached hydrogens (tertiary/aromatic N) is 1. The number of nitrogens with one attached hydrogen (secondary N) is 2. The number of benzene rings is 1. The van der Waals surface area contributed by atoms with Gasteiger partial charge in [0.15, 0.2) is 0 Å². The summed E-state index contributed by atoms with van der Waals surface area (Å²) in [5.74, 6) is -0.215. The average Bonchev–Trinajstić information content (AvgIpc) is 3.32. The summed E-state index contributed by atoms with van der Waals surface area (Å²) in [4.78, 5) is 40.4. The molecular formula is C24H37N3O4. The van der Waals surface area contributed by atoms with Crippen LogP contribution < -0.4 is 10.6 Å². The zero-order valence-corrected chi connectivity index (χ0v) is 20.0. The van der Waals surface area contributed by atoms with Crippen molar-refractivity contribution in [3.05, 3.63) is 34.9 Å². The van der Waals surface area contributed by atoms with Crippen LogP contribution in [0.15, 0.2) is 18.2 Å². The highest BCUT2D eigenvalue weighted by Crippen LogP contribution is 2.41. The third-order valence-electron chi connectivity index (χ3n) is 5.27. The van der Waals surface area contributed by atoms with Crippen molar-refractivity contribution < 1.29 is 19.1 Å². The van der Waals surface area contributed by atoms with E-state index in [1.807, 2.05) is 45.9 Å². The molecule has 7 nitrogen and oxygen atoms in total. The molecule has 172 valence electrons. The lowest BCUT2D eigenvalue weighted by Crippen LogP contribution is -2.50. The van der Waals surface area contributed by atoms with Crippen LogP contribution in [-0.2, 0) is 14.3 Å². The number of carbonyl (C=O) groups excluding carboxylic acids is 3. The number of hydrogen-bond donors (Lipinski definition) is 2. The van der Waals surface area contributed by atoms with Crippen LogP contribution in [0.2, 0.25) is 0 Å². The fourth-order valence-electron chi connectivity index (χ4n) is 3.78. The molecule has 7 heteroatoms.